The first kappa shape index (κ1) is 9.61. The minimum absolute atomic E-state index is 0.498. The van der Waals surface area contributed by atoms with Gasteiger partial charge in [0.1, 0.15) is 0 Å². The predicted molar refractivity (Wildman–Crippen MR) is 52.9 cm³/mol. The summed E-state index contributed by atoms with van der Waals surface area (Å²) >= 11 is 0. The molecule has 1 nitrogen and oxygen atoms in total. The fraction of sp³-hybridized carbons (Fsp3) is 0.818. The summed E-state index contributed by atoms with van der Waals surface area (Å²) in [5.74, 6) is 2.69. The lowest BCUT2D eigenvalue weighted by Gasteiger charge is -2.25. The van der Waals surface area contributed by atoms with Crippen molar-refractivity contribution in [3.63, 3.8) is 0 Å². The second-order valence-electron chi connectivity index (χ2n) is 3.81. The maximum absolute atomic E-state index is 5.24. The molecular weight excluding hydrogens is 146 g/mol. The third-order valence-corrected chi connectivity index (χ3v) is 2.55. The SMILES string of the molecule is C#CCC(C)NC1CCCCC1. The molecule has 0 bridgehead atoms. The number of nitrogens with one attached hydrogen (secondary N) is 1. The lowest BCUT2D eigenvalue weighted by Crippen LogP contribution is -2.37. The summed E-state index contributed by atoms with van der Waals surface area (Å²) < 4.78 is 0. The van der Waals surface area contributed by atoms with Crippen LogP contribution in [0.1, 0.15) is 45.4 Å². The maximum Gasteiger partial charge on any atom is 0.0238 e. The molecule has 12 heavy (non-hydrogen) atoms. The average molecular weight is 165 g/mol. The molecule has 0 spiro atoms. The van der Waals surface area contributed by atoms with Crippen LogP contribution in [0, 0.1) is 12.3 Å². The lowest BCUT2D eigenvalue weighted by molar-refractivity contribution is 0.346. The molecule has 1 heteroatoms. The Morgan fingerprint density at radius 3 is 2.67 bits per heavy atom. The van der Waals surface area contributed by atoms with Crippen molar-refractivity contribution >= 4 is 0 Å². The first-order valence-corrected chi connectivity index (χ1v) is 5.02. The van der Waals surface area contributed by atoms with Crippen LogP contribution in [0.4, 0.5) is 0 Å². The molecule has 0 radical (unpaired) electrons. The predicted octanol–water partition coefficient (Wildman–Crippen LogP) is 2.32. The fourth-order valence-electron chi connectivity index (χ4n) is 1.91. The first-order chi connectivity index (χ1) is 5.83. The molecule has 1 atom stereocenters. The Bertz CT molecular complexity index is 151. The molecule has 1 unspecified atom stereocenters. The zero-order valence-electron chi connectivity index (χ0n) is 7.97. The highest BCUT2D eigenvalue weighted by atomic mass is 14.9. The summed E-state index contributed by atoms with van der Waals surface area (Å²) in [6, 6.07) is 1.24. The first-order valence-electron chi connectivity index (χ1n) is 5.02. The fourth-order valence-corrected chi connectivity index (χ4v) is 1.91. The number of hydrogen-bond acceptors (Lipinski definition) is 1. The molecular formula is C11H19N. The van der Waals surface area contributed by atoms with Crippen molar-refractivity contribution in [2.75, 3.05) is 0 Å². The van der Waals surface area contributed by atoms with E-state index >= 15 is 0 Å². The van der Waals surface area contributed by atoms with Crippen molar-refractivity contribution in [1.82, 2.24) is 5.32 Å². The van der Waals surface area contributed by atoms with E-state index in [2.05, 4.69) is 18.2 Å². The van der Waals surface area contributed by atoms with E-state index in [4.69, 9.17) is 6.42 Å². The zero-order chi connectivity index (χ0) is 8.81. The summed E-state index contributed by atoms with van der Waals surface area (Å²) in [4.78, 5) is 0. The molecule has 1 rings (SSSR count). The van der Waals surface area contributed by atoms with Crippen molar-refractivity contribution in [3.8, 4) is 12.3 Å². The molecule has 1 aliphatic carbocycles. The Labute approximate surface area is 75.9 Å². The molecule has 68 valence electrons. The second kappa shape index (κ2) is 5.22. The summed E-state index contributed by atoms with van der Waals surface area (Å²) in [6.45, 7) is 2.18. The Balaban J connectivity index is 2.16. The molecule has 1 N–H and O–H groups in total. The van der Waals surface area contributed by atoms with Gasteiger partial charge in [0.15, 0.2) is 0 Å². The Morgan fingerprint density at radius 2 is 2.08 bits per heavy atom. The molecule has 0 aliphatic heterocycles. The third-order valence-electron chi connectivity index (χ3n) is 2.55. The van der Waals surface area contributed by atoms with Gasteiger partial charge in [0, 0.05) is 18.5 Å². The summed E-state index contributed by atoms with van der Waals surface area (Å²) in [5, 5.41) is 3.58. The highest BCUT2D eigenvalue weighted by molar-refractivity contribution is 4.89. The number of terminal acetylenes is 1. The van der Waals surface area contributed by atoms with Crippen molar-refractivity contribution in [3.05, 3.63) is 0 Å². The molecule has 0 aromatic carbocycles. The van der Waals surface area contributed by atoms with Gasteiger partial charge in [-0.3, -0.25) is 0 Å². The van der Waals surface area contributed by atoms with E-state index in [1.165, 1.54) is 32.1 Å². The highest BCUT2D eigenvalue weighted by Gasteiger charge is 2.14. The molecule has 0 heterocycles. The van der Waals surface area contributed by atoms with E-state index in [9.17, 15) is 0 Å². The Kier molecular flexibility index (Phi) is 4.18. The molecule has 0 saturated heterocycles. The van der Waals surface area contributed by atoms with Gasteiger partial charge in [-0.2, -0.15) is 0 Å². The molecule has 1 aliphatic rings. The Morgan fingerprint density at radius 1 is 1.42 bits per heavy atom. The van der Waals surface area contributed by atoms with Crippen molar-refractivity contribution in [1.29, 1.82) is 0 Å². The van der Waals surface area contributed by atoms with E-state index in [0.29, 0.717) is 6.04 Å². The van der Waals surface area contributed by atoms with Gasteiger partial charge in [0.25, 0.3) is 0 Å². The molecule has 0 amide bonds. The third kappa shape index (κ3) is 3.28. The molecule has 0 aromatic rings. The minimum atomic E-state index is 0.498. The van der Waals surface area contributed by atoms with Crippen LogP contribution in [0.15, 0.2) is 0 Å². The highest BCUT2D eigenvalue weighted by Crippen LogP contribution is 2.17. The van der Waals surface area contributed by atoms with Crippen LogP contribution in [0.5, 0.6) is 0 Å². The normalized spacial score (nSPS) is 21.7. The van der Waals surface area contributed by atoms with Crippen LogP contribution in [0.3, 0.4) is 0 Å². The van der Waals surface area contributed by atoms with E-state index in [1.807, 2.05) is 0 Å². The van der Waals surface area contributed by atoms with Gasteiger partial charge in [-0.05, 0) is 19.8 Å². The van der Waals surface area contributed by atoms with Gasteiger partial charge in [0.2, 0.25) is 0 Å². The van der Waals surface area contributed by atoms with Crippen molar-refractivity contribution in [2.45, 2.75) is 57.5 Å². The van der Waals surface area contributed by atoms with Crippen LogP contribution in [-0.2, 0) is 0 Å². The van der Waals surface area contributed by atoms with E-state index < -0.39 is 0 Å². The van der Waals surface area contributed by atoms with Crippen LogP contribution >= 0.6 is 0 Å². The van der Waals surface area contributed by atoms with Crippen molar-refractivity contribution < 1.29 is 0 Å². The number of rotatable bonds is 3. The monoisotopic (exact) mass is 165 g/mol. The second-order valence-corrected chi connectivity index (χ2v) is 3.81. The summed E-state index contributed by atoms with van der Waals surface area (Å²) in [7, 11) is 0. The Hall–Kier alpha value is -0.480. The van der Waals surface area contributed by atoms with Gasteiger partial charge in [-0.25, -0.2) is 0 Å². The van der Waals surface area contributed by atoms with Crippen LogP contribution < -0.4 is 5.32 Å². The maximum atomic E-state index is 5.24. The minimum Gasteiger partial charge on any atom is -0.311 e. The zero-order valence-corrected chi connectivity index (χ0v) is 7.97. The molecule has 1 fully saturated rings. The van der Waals surface area contributed by atoms with E-state index in [1.54, 1.807) is 0 Å². The largest absolute Gasteiger partial charge is 0.311 e. The van der Waals surface area contributed by atoms with E-state index in [0.717, 1.165) is 12.5 Å². The average Bonchev–Trinajstić information content (AvgIpc) is 2.06. The van der Waals surface area contributed by atoms with Crippen LogP contribution in [0.2, 0.25) is 0 Å². The lowest BCUT2D eigenvalue weighted by atomic mass is 9.95. The van der Waals surface area contributed by atoms with Crippen LogP contribution in [0.25, 0.3) is 0 Å². The molecule has 0 aromatic heterocycles. The number of hydrogen-bond donors (Lipinski definition) is 1. The van der Waals surface area contributed by atoms with Gasteiger partial charge in [0.05, 0.1) is 0 Å². The van der Waals surface area contributed by atoms with E-state index in [-0.39, 0.29) is 0 Å². The topological polar surface area (TPSA) is 12.0 Å². The quantitative estimate of drug-likeness (QED) is 0.633. The van der Waals surface area contributed by atoms with Gasteiger partial charge in [-0.1, -0.05) is 19.3 Å². The standard InChI is InChI=1S/C11H19N/c1-3-7-10(2)12-11-8-5-4-6-9-11/h1,10-12H,4-9H2,2H3. The van der Waals surface area contributed by atoms with Gasteiger partial charge < -0.3 is 5.32 Å². The summed E-state index contributed by atoms with van der Waals surface area (Å²) in [5.41, 5.74) is 0. The molecule has 1 saturated carbocycles. The van der Waals surface area contributed by atoms with Crippen molar-refractivity contribution in [2.24, 2.45) is 0 Å². The van der Waals surface area contributed by atoms with Crippen LogP contribution in [-0.4, -0.2) is 12.1 Å². The van der Waals surface area contributed by atoms with Gasteiger partial charge >= 0.3 is 0 Å². The smallest absolute Gasteiger partial charge is 0.0238 e. The summed E-state index contributed by atoms with van der Waals surface area (Å²) in [6.07, 6.45) is 13.0. The van der Waals surface area contributed by atoms with Gasteiger partial charge in [-0.15, -0.1) is 12.3 Å².